The molecule has 0 saturated carbocycles. The van der Waals surface area contributed by atoms with Gasteiger partial charge in [-0.05, 0) is 36.1 Å². The van der Waals surface area contributed by atoms with Crippen LogP contribution >= 0.6 is 0 Å². The van der Waals surface area contributed by atoms with Crippen LogP contribution in [0.1, 0.15) is 22.4 Å². The van der Waals surface area contributed by atoms with Crippen LogP contribution in [0.25, 0.3) is 0 Å². The monoisotopic (exact) mass is 285 g/mol. The van der Waals surface area contributed by atoms with Gasteiger partial charge >= 0.3 is 0 Å². The highest BCUT2D eigenvalue weighted by molar-refractivity contribution is 5.79. The maximum Gasteiger partial charge on any atom is 0.227 e. The molecule has 5 heteroatoms. The number of fused-ring (bicyclic) bond motifs is 1. The lowest BCUT2D eigenvalue weighted by atomic mass is 10.0. The number of rotatable bonds is 2. The molecule has 2 heterocycles. The third kappa shape index (κ3) is 2.91. The van der Waals surface area contributed by atoms with Crippen LogP contribution in [0.4, 0.5) is 4.39 Å². The summed E-state index contributed by atoms with van der Waals surface area (Å²) in [4.78, 5) is 22.3. The fraction of sp³-hybridized carbons (Fsp3) is 0.312. The molecule has 108 valence electrons. The van der Waals surface area contributed by atoms with Crippen molar-refractivity contribution in [3.63, 3.8) is 0 Å². The van der Waals surface area contributed by atoms with Crippen molar-refractivity contribution in [1.29, 1.82) is 0 Å². The Morgan fingerprint density at radius 3 is 3.10 bits per heavy atom. The van der Waals surface area contributed by atoms with Gasteiger partial charge in [0, 0.05) is 12.7 Å². The number of hydrogen-bond acceptors (Lipinski definition) is 3. The van der Waals surface area contributed by atoms with Gasteiger partial charge < -0.3 is 4.90 Å². The van der Waals surface area contributed by atoms with Crippen LogP contribution in [0, 0.1) is 12.7 Å². The summed E-state index contributed by atoms with van der Waals surface area (Å²) in [5, 5.41) is 0. The highest BCUT2D eigenvalue weighted by Gasteiger charge is 2.22. The Hall–Kier alpha value is -2.30. The summed E-state index contributed by atoms with van der Waals surface area (Å²) in [6.45, 7) is 2.94. The molecule has 1 aliphatic heterocycles. The number of amides is 1. The SMILES string of the molecule is Cc1ccc(CC(=O)N2CCc3cncnc3C2)c(F)c1. The fourth-order valence-corrected chi connectivity index (χ4v) is 2.53. The van der Waals surface area contributed by atoms with Crippen LogP contribution in [0.5, 0.6) is 0 Å². The Morgan fingerprint density at radius 2 is 2.29 bits per heavy atom. The first-order valence-corrected chi connectivity index (χ1v) is 6.94. The molecular formula is C16H16FN3O. The summed E-state index contributed by atoms with van der Waals surface area (Å²) in [6.07, 6.45) is 4.13. The van der Waals surface area contributed by atoms with Gasteiger partial charge in [0.2, 0.25) is 5.91 Å². The van der Waals surface area contributed by atoms with E-state index in [1.54, 1.807) is 17.2 Å². The summed E-state index contributed by atoms with van der Waals surface area (Å²) >= 11 is 0. The van der Waals surface area contributed by atoms with Crippen LogP contribution in [-0.2, 0) is 24.2 Å². The lowest BCUT2D eigenvalue weighted by Crippen LogP contribution is -2.37. The topological polar surface area (TPSA) is 46.1 Å². The van der Waals surface area contributed by atoms with E-state index in [0.29, 0.717) is 18.7 Å². The molecule has 3 rings (SSSR count). The molecule has 0 unspecified atom stereocenters. The maximum atomic E-state index is 13.8. The molecule has 1 aromatic heterocycles. The number of carbonyl (C=O) groups is 1. The normalized spacial score (nSPS) is 13.9. The first kappa shape index (κ1) is 13.7. The van der Waals surface area contributed by atoms with E-state index in [0.717, 1.165) is 23.2 Å². The van der Waals surface area contributed by atoms with E-state index in [1.165, 1.54) is 12.4 Å². The number of carbonyl (C=O) groups excluding carboxylic acids is 1. The number of benzene rings is 1. The number of hydrogen-bond donors (Lipinski definition) is 0. The van der Waals surface area contributed by atoms with Gasteiger partial charge in [0.05, 0.1) is 18.7 Å². The quantitative estimate of drug-likeness (QED) is 0.848. The van der Waals surface area contributed by atoms with Crippen molar-refractivity contribution in [3.05, 3.63) is 58.9 Å². The van der Waals surface area contributed by atoms with Crippen molar-refractivity contribution in [1.82, 2.24) is 14.9 Å². The summed E-state index contributed by atoms with van der Waals surface area (Å²) in [6, 6.07) is 4.97. The molecule has 0 aliphatic carbocycles. The third-order valence-electron chi connectivity index (χ3n) is 3.78. The Bertz CT molecular complexity index is 687. The Kier molecular flexibility index (Phi) is 3.64. The summed E-state index contributed by atoms with van der Waals surface area (Å²) in [5.74, 6) is -0.384. The number of aromatic nitrogens is 2. The number of halogens is 1. The van der Waals surface area contributed by atoms with Gasteiger partial charge in [-0.1, -0.05) is 12.1 Å². The molecule has 0 atom stereocenters. The van der Waals surface area contributed by atoms with E-state index >= 15 is 0 Å². The summed E-state index contributed by atoms with van der Waals surface area (Å²) < 4.78 is 13.8. The van der Waals surface area contributed by atoms with E-state index < -0.39 is 0 Å². The van der Waals surface area contributed by atoms with E-state index in [-0.39, 0.29) is 18.1 Å². The molecule has 1 amide bonds. The maximum absolute atomic E-state index is 13.8. The van der Waals surface area contributed by atoms with E-state index in [2.05, 4.69) is 9.97 Å². The van der Waals surface area contributed by atoms with Crippen LogP contribution < -0.4 is 0 Å². The molecule has 0 N–H and O–H groups in total. The van der Waals surface area contributed by atoms with Gasteiger partial charge in [-0.25, -0.2) is 14.4 Å². The second kappa shape index (κ2) is 5.60. The van der Waals surface area contributed by atoms with Gasteiger partial charge in [0.1, 0.15) is 12.1 Å². The van der Waals surface area contributed by atoms with Crippen LogP contribution in [-0.4, -0.2) is 27.3 Å². The van der Waals surface area contributed by atoms with E-state index in [9.17, 15) is 9.18 Å². The van der Waals surface area contributed by atoms with Crippen molar-refractivity contribution in [3.8, 4) is 0 Å². The average Bonchev–Trinajstić information content (AvgIpc) is 2.49. The Labute approximate surface area is 122 Å². The van der Waals surface area contributed by atoms with Crippen LogP contribution in [0.3, 0.4) is 0 Å². The molecule has 21 heavy (non-hydrogen) atoms. The number of nitrogens with zero attached hydrogens (tertiary/aromatic N) is 3. The first-order chi connectivity index (χ1) is 10.1. The van der Waals surface area contributed by atoms with E-state index in [4.69, 9.17) is 0 Å². The van der Waals surface area contributed by atoms with Gasteiger partial charge in [0.15, 0.2) is 0 Å². The minimum absolute atomic E-state index is 0.0676. The largest absolute Gasteiger partial charge is 0.336 e. The Morgan fingerprint density at radius 1 is 1.43 bits per heavy atom. The lowest BCUT2D eigenvalue weighted by Gasteiger charge is -2.27. The molecule has 0 radical (unpaired) electrons. The molecule has 0 spiro atoms. The minimum Gasteiger partial charge on any atom is -0.336 e. The molecule has 0 bridgehead atoms. The number of aryl methyl sites for hydroxylation is 1. The second-order valence-corrected chi connectivity index (χ2v) is 5.33. The Balaban J connectivity index is 1.72. The minimum atomic E-state index is -0.317. The van der Waals surface area contributed by atoms with Gasteiger partial charge in [-0.3, -0.25) is 4.79 Å². The molecule has 0 saturated heterocycles. The van der Waals surface area contributed by atoms with Crippen molar-refractivity contribution >= 4 is 5.91 Å². The predicted octanol–water partition coefficient (Wildman–Crippen LogP) is 2.05. The van der Waals surface area contributed by atoms with Crippen molar-refractivity contribution in [2.45, 2.75) is 26.3 Å². The lowest BCUT2D eigenvalue weighted by molar-refractivity contribution is -0.131. The van der Waals surface area contributed by atoms with Crippen molar-refractivity contribution in [2.75, 3.05) is 6.54 Å². The predicted molar refractivity (Wildman–Crippen MR) is 76.0 cm³/mol. The van der Waals surface area contributed by atoms with Gasteiger partial charge in [-0.2, -0.15) is 0 Å². The smallest absolute Gasteiger partial charge is 0.227 e. The first-order valence-electron chi connectivity index (χ1n) is 6.94. The van der Waals surface area contributed by atoms with Crippen molar-refractivity contribution in [2.24, 2.45) is 0 Å². The fourth-order valence-electron chi connectivity index (χ4n) is 2.53. The average molecular weight is 285 g/mol. The molecular weight excluding hydrogens is 269 g/mol. The highest BCUT2D eigenvalue weighted by atomic mass is 19.1. The third-order valence-corrected chi connectivity index (χ3v) is 3.78. The zero-order valence-corrected chi connectivity index (χ0v) is 11.8. The van der Waals surface area contributed by atoms with E-state index in [1.807, 2.05) is 13.0 Å². The molecule has 1 aliphatic rings. The summed E-state index contributed by atoms with van der Waals surface area (Å²) in [5.41, 5.74) is 3.27. The second-order valence-electron chi connectivity index (χ2n) is 5.33. The standard InChI is InChI=1S/C16H16FN3O/c1-11-2-3-12(14(17)6-11)7-16(21)20-5-4-13-8-18-10-19-15(13)9-20/h2-3,6,8,10H,4-5,7,9H2,1H3. The van der Waals surface area contributed by atoms with Crippen LogP contribution in [0.15, 0.2) is 30.7 Å². The zero-order chi connectivity index (χ0) is 14.8. The molecule has 0 fully saturated rings. The summed E-state index contributed by atoms with van der Waals surface area (Å²) in [7, 11) is 0. The van der Waals surface area contributed by atoms with Crippen LogP contribution in [0.2, 0.25) is 0 Å². The zero-order valence-electron chi connectivity index (χ0n) is 11.8. The molecule has 1 aromatic carbocycles. The van der Waals surface area contributed by atoms with Gasteiger partial charge in [0.25, 0.3) is 0 Å². The molecule has 4 nitrogen and oxygen atoms in total. The highest BCUT2D eigenvalue weighted by Crippen LogP contribution is 2.17. The van der Waals surface area contributed by atoms with Gasteiger partial charge in [-0.15, -0.1) is 0 Å². The molecule has 2 aromatic rings. The van der Waals surface area contributed by atoms with Crippen molar-refractivity contribution < 1.29 is 9.18 Å².